The third kappa shape index (κ3) is 14.3. The summed E-state index contributed by atoms with van der Waals surface area (Å²) in [7, 11) is 0. The lowest BCUT2D eigenvalue weighted by molar-refractivity contribution is -0.143. The van der Waals surface area contributed by atoms with E-state index in [1.54, 1.807) is 0 Å². The number of carbonyl (C=O) groups is 1. The molecule has 0 spiro atoms. The van der Waals surface area contributed by atoms with E-state index in [2.05, 4.69) is 6.92 Å². The fourth-order valence-corrected chi connectivity index (χ4v) is 1.62. The minimum Gasteiger partial charge on any atom is -0.461 e. The summed E-state index contributed by atoms with van der Waals surface area (Å²) in [6.07, 6.45) is 8.59. The van der Waals surface area contributed by atoms with Crippen LogP contribution in [0.5, 0.6) is 0 Å². The average molecular weight is 304 g/mol. The molecule has 0 aliphatic rings. The monoisotopic (exact) mass is 302 g/mol. The molecule has 0 saturated heterocycles. The molecule has 0 bridgehead atoms. The molecule has 0 aromatic rings. The van der Waals surface area contributed by atoms with Gasteiger partial charge in [-0.25, -0.2) is 0 Å². The highest BCUT2D eigenvalue weighted by Crippen LogP contribution is 2.26. The van der Waals surface area contributed by atoms with Gasteiger partial charge in [-0.2, -0.15) is 0 Å². The van der Waals surface area contributed by atoms with Gasteiger partial charge in [0.2, 0.25) is 3.79 Å². The highest BCUT2D eigenvalue weighted by atomic mass is 35.6. The Morgan fingerprint density at radius 2 is 1.53 bits per heavy atom. The van der Waals surface area contributed by atoms with E-state index in [0.29, 0.717) is 6.42 Å². The molecule has 0 saturated carbocycles. The van der Waals surface area contributed by atoms with Crippen molar-refractivity contribution < 1.29 is 9.53 Å². The van der Waals surface area contributed by atoms with Crippen LogP contribution in [0, 0.1) is 0 Å². The van der Waals surface area contributed by atoms with Crippen LogP contribution in [0.15, 0.2) is 0 Å². The van der Waals surface area contributed by atoms with Gasteiger partial charge >= 0.3 is 5.97 Å². The van der Waals surface area contributed by atoms with E-state index in [-0.39, 0.29) is 12.6 Å². The fourth-order valence-electron chi connectivity index (χ4n) is 1.46. The van der Waals surface area contributed by atoms with Gasteiger partial charge < -0.3 is 4.74 Å². The summed E-state index contributed by atoms with van der Waals surface area (Å²) in [6, 6.07) is 0. The molecule has 0 amide bonds. The Morgan fingerprint density at radius 3 is 2.06 bits per heavy atom. The van der Waals surface area contributed by atoms with Crippen molar-refractivity contribution in [3.63, 3.8) is 0 Å². The zero-order valence-corrected chi connectivity index (χ0v) is 12.6. The van der Waals surface area contributed by atoms with Crippen LogP contribution in [-0.4, -0.2) is 16.4 Å². The maximum Gasteiger partial charge on any atom is 0.305 e. The SMILES string of the molecule is CCCCCCCCCC(=O)OCC(Cl)(Cl)Cl. The quantitative estimate of drug-likeness (QED) is 0.339. The highest BCUT2D eigenvalue weighted by Gasteiger charge is 2.21. The molecule has 0 aromatic heterocycles. The third-order valence-electron chi connectivity index (χ3n) is 2.38. The van der Waals surface area contributed by atoms with Gasteiger partial charge in [-0.15, -0.1) is 0 Å². The van der Waals surface area contributed by atoms with Crippen molar-refractivity contribution in [1.29, 1.82) is 0 Å². The lowest BCUT2D eigenvalue weighted by atomic mass is 10.1. The second kappa shape index (κ2) is 10.3. The van der Waals surface area contributed by atoms with Gasteiger partial charge in [-0.1, -0.05) is 80.3 Å². The second-order valence-corrected chi connectivity index (χ2v) is 6.66. The highest BCUT2D eigenvalue weighted by molar-refractivity contribution is 6.67. The zero-order chi connectivity index (χ0) is 13.1. The van der Waals surface area contributed by atoms with Gasteiger partial charge in [-0.05, 0) is 6.42 Å². The molecule has 0 N–H and O–H groups in total. The van der Waals surface area contributed by atoms with Gasteiger partial charge in [0, 0.05) is 6.42 Å². The van der Waals surface area contributed by atoms with Crippen molar-refractivity contribution in [1.82, 2.24) is 0 Å². The average Bonchev–Trinajstić information content (AvgIpc) is 2.24. The summed E-state index contributed by atoms with van der Waals surface area (Å²) in [6.45, 7) is 2.02. The number of carbonyl (C=O) groups excluding carboxylic acids is 1. The van der Waals surface area contributed by atoms with Crippen molar-refractivity contribution in [2.75, 3.05) is 6.61 Å². The molecule has 0 radical (unpaired) electrons. The van der Waals surface area contributed by atoms with Crippen molar-refractivity contribution in [2.24, 2.45) is 0 Å². The van der Waals surface area contributed by atoms with E-state index in [4.69, 9.17) is 39.5 Å². The standard InChI is InChI=1S/C12H21Cl3O2/c1-2-3-4-5-6-7-8-9-11(16)17-10-12(13,14)15/h2-10H2,1H3. The fraction of sp³-hybridized carbons (Fsp3) is 0.917. The Bertz CT molecular complexity index is 202. The lowest BCUT2D eigenvalue weighted by Crippen LogP contribution is -2.17. The second-order valence-electron chi connectivity index (χ2n) is 4.15. The Labute approximate surface area is 119 Å². The lowest BCUT2D eigenvalue weighted by Gasteiger charge is -2.10. The first kappa shape index (κ1) is 17.3. The number of unbranched alkanes of at least 4 members (excludes halogenated alkanes) is 6. The van der Waals surface area contributed by atoms with Crippen molar-refractivity contribution >= 4 is 40.8 Å². The molecule has 0 fully saturated rings. The smallest absolute Gasteiger partial charge is 0.305 e. The van der Waals surface area contributed by atoms with Crippen LogP contribution in [0.3, 0.4) is 0 Å². The molecule has 0 aliphatic carbocycles. The van der Waals surface area contributed by atoms with E-state index >= 15 is 0 Å². The van der Waals surface area contributed by atoms with E-state index in [1.165, 1.54) is 32.1 Å². The molecule has 102 valence electrons. The van der Waals surface area contributed by atoms with E-state index in [1.807, 2.05) is 0 Å². The number of hydrogen-bond acceptors (Lipinski definition) is 2. The van der Waals surface area contributed by atoms with Gasteiger partial charge in [-0.3, -0.25) is 4.79 Å². The summed E-state index contributed by atoms with van der Waals surface area (Å²) < 4.78 is 3.31. The minimum absolute atomic E-state index is 0.174. The molecule has 0 aromatic carbocycles. The number of ether oxygens (including phenoxy) is 1. The molecule has 0 rings (SSSR count). The predicted molar refractivity (Wildman–Crippen MR) is 73.9 cm³/mol. The molecule has 17 heavy (non-hydrogen) atoms. The molecule has 0 atom stereocenters. The summed E-state index contributed by atoms with van der Waals surface area (Å²) in [4.78, 5) is 11.2. The summed E-state index contributed by atoms with van der Waals surface area (Å²) in [5, 5.41) is 0. The summed E-state index contributed by atoms with van der Waals surface area (Å²) in [5.74, 6) is -0.287. The largest absolute Gasteiger partial charge is 0.461 e. The number of rotatable bonds is 9. The Balaban J connectivity index is 3.28. The third-order valence-corrected chi connectivity index (χ3v) is 2.71. The first-order chi connectivity index (χ1) is 7.95. The van der Waals surface area contributed by atoms with Crippen LogP contribution in [0.4, 0.5) is 0 Å². The summed E-state index contributed by atoms with van der Waals surface area (Å²) >= 11 is 16.4. The number of esters is 1. The van der Waals surface area contributed by atoms with Gasteiger partial charge in [0.05, 0.1) is 0 Å². The van der Waals surface area contributed by atoms with Crippen LogP contribution >= 0.6 is 34.8 Å². The van der Waals surface area contributed by atoms with Crippen LogP contribution < -0.4 is 0 Å². The first-order valence-corrected chi connectivity index (χ1v) is 7.31. The summed E-state index contributed by atoms with van der Waals surface area (Å²) in [5.41, 5.74) is 0. The minimum atomic E-state index is -1.50. The van der Waals surface area contributed by atoms with E-state index in [0.717, 1.165) is 12.8 Å². The van der Waals surface area contributed by atoms with Crippen molar-refractivity contribution in [2.45, 2.75) is 62.1 Å². The molecule has 5 heteroatoms. The molecule has 2 nitrogen and oxygen atoms in total. The molecule has 0 unspecified atom stereocenters. The van der Waals surface area contributed by atoms with E-state index < -0.39 is 3.79 Å². The Hall–Kier alpha value is 0.340. The van der Waals surface area contributed by atoms with Crippen LogP contribution in [0.2, 0.25) is 0 Å². The zero-order valence-electron chi connectivity index (χ0n) is 10.3. The number of alkyl halides is 3. The van der Waals surface area contributed by atoms with E-state index in [9.17, 15) is 4.79 Å². The van der Waals surface area contributed by atoms with Crippen molar-refractivity contribution in [3.05, 3.63) is 0 Å². The molecular weight excluding hydrogens is 282 g/mol. The number of hydrogen-bond donors (Lipinski definition) is 0. The van der Waals surface area contributed by atoms with Crippen LogP contribution in [-0.2, 0) is 9.53 Å². The maximum atomic E-state index is 11.2. The van der Waals surface area contributed by atoms with Crippen molar-refractivity contribution in [3.8, 4) is 0 Å². The Kier molecular flexibility index (Phi) is 10.5. The normalized spacial score (nSPS) is 11.5. The molecule has 0 heterocycles. The topological polar surface area (TPSA) is 26.3 Å². The van der Waals surface area contributed by atoms with Crippen LogP contribution in [0.1, 0.15) is 58.3 Å². The van der Waals surface area contributed by atoms with Crippen LogP contribution in [0.25, 0.3) is 0 Å². The van der Waals surface area contributed by atoms with Gasteiger partial charge in [0.15, 0.2) is 0 Å². The predicted octanol–water partition coefficient (Wildman–Crippen LogP) is 5.04. The van der Waals surface area contributed by atoms with Gasteiger partial charge in [0.25, 0.3) is 0 Å². The first-order valence-electron chi connectivity index (χ1n) is 6.18. The molecule has 0 aliphatic heterocycles. The molecular formula is C12H21Cl3O2. The Morgan fingerprint density at radius 1 is 1.00 bits per heavy atom. The number of halogens is 3. The van der Waals surface area contributed by atoms with Gasteiger partial charge in [0.1, 0.15) is 6.61 Å². The maximum absolute atomic E-state index is 11.2.